The van der Waals surface area contributed by atoms with E-state index in [-0.39, 0.29) is 22.8 Å². The summed E-state index contributed by atoms with van der Waals surface area (Å²) in [5.74, 6) is -0.418. The molecule has 2 unspecified atom stereocenters. The monoisotopic (exact) mass is 487 g/mol. The van der Waals surface area contributed by atoms with Crippen LogP contribution in [0.5, 0.6) is 0 Å². The van der Waals surface area contributed by atoms with Gasteiger partial charge < -0.3 is 9.80 Å². The van der Waals surface area contributed by atoms with E-state index in [9.17, 15) is 13.2 Å². The zero-order chi connectivity index (χ0) is 23.8. The Balaban J connectivity index is 1.52. The maximum atomic E-state index is 13.5. The van der Waals surface area contributed by atoms with Crippen molar-refractivity contribution in [2.45, 2.75) is 44.7 Å². The van der Waals surface area contributed by atoms with Gasteiger partial charge in [-0.1, -0.05) is 32.0 Å². The average molecular weight is 488 g/mol. The molecule has 1 saturated heterocycles. The first kappa shape index (κ1) is 23.6. The van der Waals surface area contributed by atoms with Crippen LogP contribution in [0, 0.1) is 12.8 Å². The number of hydrogen-bond acceptors (Lipinski definition) is 7. The van der Waals surface area contributed by atoms with Crippen molar-refractivity contribution in [2.24, 2.45) is 5.92 Å². The second kappa shape index (κ2) is 9.36. The fourth-order valence-corrected chi connectivity index (χ4v) is 6.35. The Labute approximate surface area is 199 Å². The molecule has 1 aliphatic rings. The van der Waals surface area contributed by atoms with E-state index in [0.717, 1.165) is 17.4 Å². The molecule has 0 spiro atoms. The number of hydrogen-bond donors (Lipinski definition) is 1. The molecule has 2 heterocycles. The number of anilines is 1. The van der Waals surface area contributed by atoms with E-state index in [1.807, 2.05) is 19.9 Å². The highest BCUT2D eigenvalue weighted by Gasteiger charge is 2.35. The lowest BCUT2D eigenvalue weighted by Crippen LogP contribution is -2.59. The molecule has 1 fully saturated rings. The summed E-state index contributed by atoms with van der Waals surface area (Å²) >= 11 is 0.965. The molecule has 176 valence electrons. The van der Waals surface area contributed by atoms with E-state index in [2.05, 4.69) is 50.4 Å². The first-order valence-corrected chi connectivity index (χ1v) is 13.2. The van der Waals surface area contributed by atoms with Gasteiger partial charge in [0.2, 0.25) is 15.9 Å². The van der Waals surface area contributed by atoms with Crippen molar-refractivity contribution in [3.05, 3.63) is 48.0 Å². The van der Waals surface area contributed by atoms with Gasteiger partial charge in [0.1, 0.15) is 22.0 Å². The molecular formula is C23H29N5O3S2. The minimum Gasteiger partial charge on any atom is -0.365 e. The Morgan fingerprint density at radius 1 is 1.15 bits per heavy atom. The van der Waals surface area contributed by atoms with Crippen LogP contribution in [-0.4, -0.2) is 59.7 Å². The van der Waals surface area contributed by atoms with Crippen molar-refractivity contribution >= 4 is 44.4 Å². The molecule has 10 heteroatoms. The van der Waals surface area contributed by atoms with Crippen LogP contribution in [-0.2, 0) is 14.8 Å². The van der Waals surface area contributed by atoms with Crippen molar-refractivity contribution in [1.29, 1.82) is 0 Å². The fraction of sp³-hybridized carbons (Fsp3) is 0.435. The van der Waals surface area contributed by atoms with E-state index in [1.165, 1.54) is 11.6 Å². The molecular weight excluding hydrogens is 458 g/mol. The summed E-state index contributed by atoms with van der Waals surface area (Å²) in [6, 6.07) is 12.4. The number of nitrogens with zero attached hydrogens (tertiary/aromatic N) is 4. The molecule has 1 aliphatic heterocycles. The predicted octanol–water partition coefficient (Wildman–Crippen LogP) is 3.04. The number of rotatable bonds is 6. The lowest BCUT2D eigenvalue weighted by atomic mass is 10.0. The second-order valence-electron chi connectivity index (χ2n) is 8.90. The van der Waals surface area contributed by atoms with Gasteiger partial charge in [-0.3, -0.25) is 4.79 Å². The van der Waals surface area contributed by atoms with Gasteiger partial charge in [0, 0.05) is 31.4 Å². The van der Waals surface area contributed by atoms with Crippen molar-refractivity contribution in [1.82, 2.24) is 18.4 Å². The van der Waals surface area contributed by atoms with Crippen LogP contribution in [0.2, 0.25) is 0 Å². The molecule has 1 amide bonds. The summed E-state index contributed by atoms with van der Waals surface area (Å²) in [6.07, 6.45) is 0. The van der Waals surface area contributed by atoms with Crippen LogP contribution >= 0.6 is 11.7 Å². The topological polar surface area (TPSA) is 95.5 Å². The van der Waals surface area contributed by atoms with Crippen molar-refractivity contribution in [2.75, 3.05) is 24.5 Å². The number of piperazine rings is 1. The molecule has 0 bridgehead atoms. The third-order valence-electron chi connectivity index (χ3n) is 6.03. The minimum absolute atomic E-state index is 0.0461. The van der Waals surface area contributed by atoms with E-state index >= 15 is 0 Å². The SMILES string of the molecule is Cc1cccc(N2CCN(C(=O)C(NS(=O)(=O)c3cccc4nsnc34)C(C)C)CC2C)c1. The summed E-state index contributed by atoms with van der Waals surface area (Å²) < 4.78 is 37.4. The lowest BCUT2D eigenvalue weighted by Gasteiger charge is -2.42. The summed E-state index contributed by atoms with van der Waals surface area (Å²) in [4.78, 5) is 17.6. The molecule has 2 atom stereocenters. The van der Waals surface area contributed by atoms with Crippen LogP contribution in [0.3, 0.4) is 0 Å². The Bertz CT molecular complexity index is 1260. The molecule has 8 nitrogen and oxygen atoms in total. The molecule has 4 rings (SSSR count). The molecule has 0 aliphatic carbocycles. The fourth-order valence-electron chi connectivity index (χ4n) is 4.25. The third-order valence-corrected chi connectivity index (χ3v) is 8.04. The van der Waals surface area contributed by atoms with Gasteiger partial charge in [0.15, 0.2) is 0 Å². The van der Waals surface area contributed by atoms with E-state index in [0.29, 0.717) is 30.7 Å². The number of carbonyl (C=O) groups is 1. The Morgan fingerprint density at radius 2 is 1.91 bits per heavy atom. The highest BCUT2D eigenvalue weighted by molar-refractivity contribution is 7.89. The van der Waals surface area contributed by atoms with E-state index in [4.69, 9.17) is 0 Å². The Hall–Kier alpha value is -2.56. The highest BCUT2D eigenvalue weighted by Crippen LogP contribution is 2.24. The van der Waals surface area contributed by atoms with Crippen molar-refractivity contribution < 1.29 is 13.2 Å². The summed E-state index contributed by atoms with van der Waals surface area (Å²) in [6.45, 7) is 9.61. The zero-order valence-electron chi connectivity index (χ0n) is 19.2. The molecule has 33 heavy (non-hydrogen) atoms. The maximum Gasteiger partial charge on any atom is 0.243 e. The largest absolute Gasteiger partial charge is 0.365 e. The van der Waals surface area contributed by atoms with E-state index in [1.54, 1.807) is 17.0 Å². The Morgan fingerprint density at radius 3 is 2.61 bits per heavy atom. The maximum absolute atomic E-state index is 13.5. The van der Waals surface area contributed by atoms with Gasteiger partial charge in [-0.15, -0.1) is 0 Å². The lowest BCUT2D eigenvalue weighted by molar-refractivity contribution is -0.134. The number of benzene rings is 2. The van der Waals surface area contributed by atoms with Gasteiger partial charge in [-0.25, -0.2) is 8.42 Å². The van der Waals surface area contributed by atoms with Crippen LogP contribution in [0.15, 0.2) is 47.4 Å². The number of sulfonamides is 1. The quantitative estimate of drug-likeness (QED) is 0.574. The predicted molar refractivity (Wildman–Crippen MR) is 131 cm³/mol. The average Bonchev–Trinajstić information content (AvgIpc) is 3.25. The summed E-state index contributed by atoms with van der Waals surface area (Å²) in [5, 5.41) is 0. The van der Waals surface area contributed by atoms with Crippen LogP contribution < -0.4 is 9.62 Å². The summed E-state index contributed by atoms with van der Waals surface area (Å²) in [5.41, 5.74) is 3.18. The number of aryl methyl sites for hydroxylation is 1. The smallest absolute Gasteiger partial charge is 0.243 e. The first-order chi connectivity index (χ1) is 15.7. The zero-order valence-corrected chi connectivity index (χ0v) is 20.9. The standard InChI is InChI=1S/C23H29N5O3S2/c1-15(2)21(26-33(30,31)20-10-6-9-19-22(20)25-32-24-19)23(29)27-11-12-28(17(4)14-27)18-8-5-7-16(3)13-18/h5-10,13,15,17,21,26H,11-12,14H2,1-4H3. The number of aromatic nitrogens is 2. The minimum atomic E-state index is -3.96. The molecule has 0 radical (unpaired) electrons. The van der Waals surface area contributed by atoms with Crippen LogP contribution in [0.1, 0.15) is 26.3 Å². The van der Waals surface area contributed by atoms with Crippen molar-refractivity contribution in [3.63, 3.8) is 0 Å². The molecule has 1 N–H and O–H groups in total. The highest BCUT2D eigenvalue weighted by atomic mass is 32.2. The molecule has 3 aromatic rings. The molecule has 0 saturated carbocycles. The first-order valence-electron chi connectivity index (χ1n) is 11.0. The number of nitrogens with one attached hydrogen (secondary N) is 1. The van der Waals surface area contributed by atoms with Gasteiger partial charge in [0.05, 0.1) is 11.7 Å². The number of carbonyl (C=O) groups excluding carboxylic acids is 1. The van der Waals surface area contributed by atoms with Gasteiger partial charge in [-0.05, 0) is 49.6 Å². The van der Waals surface area contributed by atoms with Crippen LogP contribution in [0.4, 0.5) is 5.69 Å². The third kappa shape index (κ3) is 4.87. The number of amides is 1. The van der Waals surface area contributed by atoms with Crippen molar-refractivity contribution in [3.8, 4) is 0 Å². The van der Waals surface area contributed by atoms with E-state index < -0.39 is 16.1 Å². The molecule has 2 aromatic carbocycles. The number of fused-ring (bicyclic) bond motifs is 1. The summed E-state index contributed by atoms with van der Waals surface area (Å²) in [7, 11) is -3.96. The Kier molecular flexibility index (Phi) is 6.69. The van der Waals surface area contributed by atoms with Crippen LogP contribution in [0.25, 0.3) is 11.0 Å². The molecule has 1 aromatic heterocycles. The van der Waals surface area contributed by atoms with Gasteiger partial charge in [0.25, 0.3) is 0 Å². The normalized spacial score (nSPS) is 18.2. The second-order valence-corrected chi connectivity index (χ2v) is 11.1. The van der Waals surface area contributed by atoms with Gasteiger partial charge >= 0.3 is 0 Å². The van der Waals surface area contributed by atoms with Gasteiger partial charge in [-0.2, -0.15) is 13.5 Å².